The van der Waals surface area contributed by atoms with Crippen LogP contribution in [0.2, 0.25) is 0 Å². The molecule has 0 saturated heterocycles. The lowest BCUT2D eigenvalue weighted by Gasteiger charge is -2.18. The first-order valence-corrected chi connectivity index (χ1v) is 17.7. The van der Waals surface area contributed by atoms with Crippen LogP contribution >= 0.6 is 0 Å². The molecule has 252 valence electrons. The van der Waals surface area contributed by atoms with E-state index < -0.39 is 6.10 Å². The van der Waals surface area contributed by atoms with Crippen LogP contribution in [0, 0.1) is 0 Å². The Bertz CT molecular complexity index is 2120. The van der Waals surface area contributed by atoms with Crippen molar-refractivity contribution in [3.8, 4) is 78.3 Å². The molecule has 0 spiro atoms. The summed E-state index contributed by atoms with van der Waals surface area (Å²) in [5.41, 5.74) is 14.6. The molecule has 0 saturated carbocycles. The Morgan fingerprint density at radius 2 is 0.667 bits per heavy atom. The molecule has 7 aromatic carbocycles. The first-order chi connectivity index (χ1) is 25.0. The van der Waals surface area contributed by atoms with Gasteiger partial charge in [-0.05, 0) is 136 Å². The average molecular weight is 667 g/mol. The van der Waals surface area contributed by atoms with Gasteiger partial charge in [0, 0.05) is 0 Å². The predicted octanol–water partition coefficient (Wildman–Crippen LogP) is 12.5. The van der Waals surface area contributed by atoms with Crippen LogP contribution < -0.4 is 9.47 Å². The fourth-order valence-corrected chi connectivity index (χ4v) is 6.79. The molecule has 51 heavy (non-hydrogen) atoms. The SMILES string of the molecule is CCOc1ccc(-c2ccccc2-c2cc(-c3ccccc3-c3ccc(OCC)cc3)cc(-c3ccccc3-c3ccc(C(C)O)cc3)c2)cc1. The van der Waals surface area contributed by atoms with Crippen molar-refractivity contribution >= 4 is 0 Å². The van der Waals surface area contributed by atoms with E-state index in [4.69, 9.17) is 9.47 Å². The van der Waals surface area contributed by atoms with E-state index in [0.29, 0.717) is 13.2 Å². The molecule has 1 unspecified atom stereocenters. The maximum Gasteiger partial charge on any atom is 0.119 e. The highest BCUT2D eigenvalue weighted by molar-refractivity contribution is 5.94. The maximum absolute atomic E-state index is 10.2. The third-order valence-corrected chi connectivity index (χ3v) is 9.30. The van der Waals surface area contributed by atoms with Crippen LogP contribution in [0.25, 0.3) is 66.8 Å². The molecule has 1 N–H and O–H groups in total. The van der Waals surface area contributed by atoms with E-state index in [1.54, 1.807) is 6.92 Å². The summed E-state index contributed by atoms with van der Waals surface area (Å²) in [6.07, 6.45) is -0.514. The van der Waals surface area contributed by atoms with Crippen LogP contribution in [0.5, 0.6) is 11.5 Å². The number of hydrogen-bond donors (Lipinski definition) is 1. The zero-order chi connectivity index (χ0) is 35.2. The number of aliphatic hydroxyl groups excluding tert-OH is 1. The molecule has 1 atom stereocenters. The Balaban J connectivity index is 1.43. The molecular weight excluding hydrogens is 625 g/mol. The van der Waals surface area contributed by atoms with E-state index >= 15 is 0 Å². The van der Waals surface area contributed by atoms with Crippen molar-refractivity contribution in [3.05, 3.63) is 169 Å². The Hall–Kier alpha value is -5.90. The molecule has 0 radical (unpaired) electrons. The predicted molar refractivity (Wildman–Crippen MR) is 212 cm³/mol. The number of aliphatic hydroxyl groups is 1. The molecule has 0 aromatic heterocycles. The maximum atomic E-state index is 10.2. The minimum Gasteiger partial charge on any atom is -0.494 e. The fraction of sp³-hybridized carbons (Fsp3) is 0.125. The Morgan fingerprint density at radius 3 is 0.941 bits per heavy atom. The Kier molecular flexibility index (Phi) is 10.1. The zero-order valence-corrected chi connectivity index (χ0v) is 29.3. The lowest BCUT2D eigenvalue weighted by Crippen LogP contribution is -1.93. The monoisotopic (exact) mass is 666 g/mol. The molecule has 3 heteroatoms. The van der Waals surface area contributed by atoms with Gasteiger partial charge >= 0.3 is 0 Å². The summed E-state index contributed by atoms with van der Waals surface area (Å²) >= 11 is 0. The van der Waals surface area contributed by atoms with Crippen LogP contribution in [-0.4, -0.2) is 18.3 Å². The van der Waals surface area contributed by atoms with Gasteiger partial charge in [-0.2, -0.15) is 0 Å². The lowest BCUT2D eigenvalue weighted by molar-refractivity contribution is 0.199. The van der Waals surface area contributed by atoms with Gasteiger partial charge in [0.15, 0.2) is 0 Å². The van der Waals surface area contributed by atoms with Gasteiger partial charge in [0.2, 0.25) is 0 Å². The molecule has 7 aromatic rings. The molecule has 0 aliphatic carbocycles. The van der Waals surface area contributed by atoms with Crippen molar-refractivity contribution in [1.82, 2.24) is 0 Å². The minimum absolute atomic E-state index is 0.514. The molecule has 0 aliphatic rings. The summed E-state index contributed by atoms with van der Waals surface area (Å²) in [6.45, 7) is 7.08. The second-order valence-corrected chi connectivity index (χ2v) is 12.6. The highest BCUT2D eigenvalue weighted by Gasteiger charge is 2.16. The molecule has 3 nitrogen and oxygen atoms in total. The Labute approximate surface area is 301 Å². The first kappa shape index (κ1) is 33.6. The van der Waals surface area contributed by atoms with Gasteiger partial charge in [-0.15, -0.1) is 0 Å². The minimum atomic E-state index is -0.514. The summed E-state index contributed by atoms with van der Waals surface area (Å²) in [5, 5.41) is 10.2. The largest absolute Gasteiger partial charge is 0.494 e. The van der Waals surface area contributed by atoms with E-state index in [9.17, 15) is 5.11 Å². The lowest BCUT2D eigenvalue weighted by atomic mass is 9.86. The number of hydrogen-bond acceptors (Lipinski definition) is 3. The molecule has 0 aliphatic heterocycles. The number of benzene rings is 7. The normalized spacial score (nSPS) is 11.6. The third-order valence-electron chi connectivity index (χ3n) is 9.30. The third kappa shape index (κ3) is 7.35. The van der Waals surface area contributed by atoms with Gasteiger partial charge in [0.25, 0.3) is 0 Å². The quantitative estimate of drug-likeness (QED) is 0.149. The summed E-state index contributed by atoms with van der Waals surface area (Å²) in [6, 6.07) is 57.8. The van der Waals surface area contributed by atoms with E-state index in [1.807, 2.05) is 50.2 Å². The van der Waals surface area contributed by atoms with E-state index in [0.717, 1.165) is 83.8 Å². The smallest absolute Gasteiger partial charge is 0.119 e. The van der Waals surface area contributed by atoms with Crippen LogP contribution in [0.3, 0.4) is 0 Å². The van der Waals surface area contributed by atoms with Crippen molar-refractivity contribution in [2.45, 2.75) is 26.9 Å². The Morgan fingerprint density at radius 1 is 0.392 bits per heavy atom. The van der Waals surface area contributed by atoms with E-state index in [2.05, 4.69) is 127 Å². The van der Waals surface area contributed by atoms with Crippen molar-refractivity contribution in [1.29, 1.82) is 0 Å². The van der Waals surface area contributed by atoms with Crippen LogP contribution in [0.15, 0.2) is 164 Å². The average Bonchev–Trinajstić information content (AvgIpc) is 3.19. The van der Waals surface area contributed by atoms with Crippen LogP contribution in [0.1, 0.15) is 32.4 Å². The summed E-state index contributed by atoms with van der Waals surface area (Å²) < 4.78 is 11.5. The van der Waals surface area contributed by atoms with E-state index in [-0.39, 0.29) is 0 Å². The van der Waals surface area contributed by atoms with Gasteiger partial charge in [0.1, 0.15) is 11.5 Å². The number of rotatable bonds is 11. The van der Waals surface area contributed by atoms with Gasteiger partial charge in [-0.1, -0.05) is 121 Å². The second kappa shape index (κ2) is 15.3. The van der Waals surface area contributed by atoms with Gasteiger partial charge in [-0.3, -0.25) is 0 Å². The summed E-state index contributed by atoms with van der Waals surface area (Å²) in [5.74, 6) is 1.74. The second-order valence-electron chi connectivity index (χ2n) is 12.6. The standard InChI is InChI=1S/C48H42O3/c1-4-50-41-26-22-36(23-27-41)44-13-7-10-16-47(44)39-30-38(46-15-9-6-12-43(46)35-20-18-34(19-21-35)33(3)49)31-40(32-39)48-17-11-8-14-45(48)37-24-28-42(29-25-37)51-5-2/h6-33,49H,4-5H2,1-3H3. The highest BCUT2D eigenvalue weighted by Crippen LogP contribution is 2.42. The van der Waals surface area contributed by atoms with E-state index in [1.165, 1.54) is 0 Å². The summed E-state index contributed by atoms with van der Waals surface area (Å²) in [4.78, 5) is 0. The first-order valence-electron chi connectivity index (χ1n) is 17.7. The highest BCUT2D eigenvalue weighted by atomic mass is 16.5. The van der Waals surface area contributed by atoms with Gasteiger partial charge in [-0.25, -0.2) is 0 Å². The van der Waals surface area contributed by atoms with Crippen molar-refractivity contribution in [2.75, 3.05) is 13.2 Å². The van der Waals surface area contributed by atoms with Crippen LogP contribution in [0.4, 0.5) is 0 Å². The molecule has 7 rings (SSSR count). The molecule has 0 fully saturated rings. The van der Waals surface area contributed by atoms with Crippen molar-refractivity contribution in [2.24, 2.45) is 0 Å². The summed E-state index contributed by atoms with van der Waals surface area (Å²) in [7, 11) is 0. The molecular formula is C48H42O3. The molecule has 0 heterocycles. The molecule has 0 bridgehead atoms. The zero-order valence-electron chi connectivity index (χ0n) is 29.3. The molecule has 0 amide bonds. The van der Waals surface area contributed by atoms with Crippen molar-refractivity contribution < 1.29 is 14.6 Å². The van der Waals surface area contributed by atoms with Crippen LogP contribution in [-0.2, 0) is 0 Å². The fourth-order valence-electron chi connectivity index (χ4n) is 6.79. The van der Waals surface area contributed by atoms with Crippen molar-refractivity contribution in [3.63, 3.8) is 0 Å². The van der Waals surface area contributed by atoms with Gasteiger partial charge in [0.05, 0.1) is 19.3 Å². The number of ether oxygens (including phenoxy) is 2. The van der Waals surface area contributed by atoms with Gasteiger partial charge < -0.3 is 14.6 Å². The topological polar surface area (TPSA) is 38.7 Å².